The standard InChI is InChI=1S/C13H18O3/c1-13(2,3)16-11-6-4-10(5-7-11)14-8-12-9-15-12/h4-7,12H,8-9H2,1-3H3. The van der Waals surface area contributed by atoms with E-state index in [0.29, 0.717) is 12.7 Å². The molecular weight excluding hydrogens is 204 g/mol. The third-order valence-corrected chi connectivity index (χ3v) is 2.09. The minimum atomic E-state index is -0.162. The first-order valence-corrected chi connectivity index (χ1v) is 5.56. The zero-order valence-electron chi connectivity index (χ0n) is 10.0. The van der Waals surface area contributed by atoms with Crippen LogP contribution in [-0.4, -0.2) is 24.9 Å². The quantitative estimate of drug-likeness (QED) is 0.734. The molecule has 1 fully saturated rings. The summed E-state index contributed by atoms with van der Waals surface area (Å²) in [4.78, 5) is 0. The van der Waals surface area contributed by atoms with Crippen LogP contribution in [-0.2, 0) is 4.74 Å². The predicted octanol–water partition coefficient (Wildman–Crippen LogP) is 2.64. The molecule has 1 aliphatic rings. The molecule has 1 aliphatic heterocycles. The zero-order valence-corrected chi connectivity index (χ0v) is 10.0. The number of hydrogen-bond donors (Lipinski definition) is 0. The van der Waals surface area contributed by atoms with Crippen molar-refractivity contribution >= 4 is 0 Å². The topological polar surface area (TPSA) is 31.0 Å². The molecule has 1 atom stereocenters. The van der Waals surface area contributed by atoms with E-state index in [2.05, 4.69) is 0 Å². The molecule has 0 amide bonds. The summed E-state index contributed by atoms with van der Waals surface area (Å²) in [5.41, 5.74) is -0.162. The van der Waals surface area contributed by atoms with Gasteiger partial charge in [-0.15, -0.1) is 0 Å². The molecule has 1 aromatic rings. The fourth-order valence-corrected chi connectivity index (χ4v) is 1.31. The average molecular weight is 222 g/mol. The van der Waals surface area contributed by atoms with Crippen LogP contribution >= 0.6 is 0 Å². The Labute approximate surface area is 96.3 Å². The summed E-state index contributed by atoms with van der Waals surface area (Å²) in [6, 6.07) is 7.69. The van der Waals surface area contributed by atoms with E-state index in [1.165, 1.54) is 0 Å². The Bertz CT molecular complexity index is 333. The maximum absolute atomic E-state index is 5.71. The molecule has 0 aliphatic carbocycles. The first kappa shape index (κ1) is 11.3. The van der Waals surface area contributed by atoms with Gasteiger partial charge in [0.15, 0.2) is 0 Å². The van der Waals surface area contributed by atoms with Crippen molar-refractivity contribution in [3.63, 3.8) is 0 Å². The van der Waals surface area contributed by atoms with Gasteiger partial charge in [-0.05, 0) is 45.0 Å². The number of benzene rings is 1. The Morgan fingerprint density at radius 3 is 2.25 bits per heavy atom. The number of hydrogen-bond acceptors (Lipinski definition) is 3. The van der Waals surface area contributed by atoms with Gasteiger partial charge < -0.3 is 14.2 Å². The largest absolute Gasteiger partial charge is 0.491 e. The fraction of sp³-hybridized carbons (Fsp3) is 0.538. The van der Waals surface area contributed by atoms with Gasteiger partial charge in [-0.25, -0.2) is 0 Å². The first-order valence-electron chi connectivity index (χ1n) is 5.56. The van der Waals surface area contributed by atoms with E-state index in [1.807, 2.05) is 45.0 Å². The van der Waals surface area contributed by atoms with Crippen LogP contribution in [0.25, 0.3) is 0 Å². The third kappa shape index (κ3) is 3.74. The summed E-state index contributed by atoms with van der Waals surface area (Å²) in [5, 5.41) is 0. The second-order valence-electron chi connectivity index (χ2n) is 4.95. The van der Waals surface area contributed by atoms with E-state index in [1.54, 1.807) is 0 Å². The molecular formula is C13H18O3. The van der Waals surface area contributed by atoms with Crippen LogP contribution in [0, 0.1) is 0 Å². The molecule has 1 aromatic carbocycles. The fourth-order valence-electron chi connectivity index (χ4n) is 1.31. The van der Waals surface area contributed by atoms with E-state index in [9.17, 15) is 0 Å². The smallest absolute Gasteiger partial charge is 0.120 e. The molecule has 1 saturated heterocycles. The molecule has 0 bridgehead atoms. The molecule has 16 heavy (non-hydrogen) atoms. The average Bonchev–Trinajstić information content (AvgIpc) is 2.98. The normalized spacial score (nSPS) is 19.3. The Hall–Kier alpha value is -1.22. The van der Waals surface area contributed by atoms with Crippen LogP contribution in [0.3, 0.4) is 0 Å². The van der Waals surface area contributed by atoms with Crippen LogP contribution < -0.4 is 9.47 Å². The number of ether oxygens (including phenoxy) is 3. The maximum Gasteiger partial charge on any atom is 0.120 e. The lowest BCUT2D eigenvalue weighted by molar-refractivity contribution is 0.130. The molecule has 1 heterocycles. The highest BCUT2D eigenvalue weighted by Gasteiger charge is 2.23. The Kier molecular flexibility index (Phi) is 3.06. The minimum Gasteiger partial charge on any atom is -0.491 e. The van der Waals surface area contributed by atoms with Crippen molar-refractivity contribution in [3.05, 3.63) is 24.3 Å². The van der Waals surface area contributed by atoms with Crippen LogP contribution in [0.4, 0.5) is 0 Å². The maximum atomic E-state index is 5.71. The first-order chi connectivity index (χ1) is 7.53. The summed E-state index contributed by atoms with van der Waals surface area (Å²) in [6.45, 7) is 7.55. The molecule has 88 valence electrons. The van der Waals surface area contributed by atoms with E-state index in [-0.39, 0.29) is 5.60 Å². The van der Waals surface area contributed by atoms with Crippen molar-refractivity contribution < 1.29 is 14.2 Å². The highest BCUT2D eigenvalue weighted by molar-refractivity contribution is 5.31. The number of rotatable bonds is 4. The predicted molar refractivity (Wildman–Crippen MR) is 62.1 cm³/mol. The lowest BCUT2D eigenvalue weighted by Crippen LogP contribution is -2.22. The lowest BCUT2D eigenvalue weighted by Gasteiger charge is -2.21. The molecule has 1 unspecified atom stereocenters. The highest BCUT2D eigenvalue weighted by atomic mass is 16.6. The Morgan fingerprint density at radius 1 is 1.19 bits per heavy atom. The van der Waals surface area contributed by atoms with Crippen LogP contribution in [0.5, 0.6) is 11.5 Å². The second-order valence-corrected chi connectivity index (χ2v) is 4.95. The molecule has 0 saturated carbocycles. The molecule has 0 radical (unpaired) electrons. The van der Waals surface area contributed by atoms with E-state index in [4.69, 9.17) is 14.2 Å². The Balaban J connectivity index is 1.87. The zero-order chi connectivity index (χ0) is 11.6. The summed E-state index contributed by atoms with van der Waals surface area (Å²) in [7, 11) is 0. The highest BCUT2D eigenvalue weighted by Crippen LogP contribution is 2.22. The summed E-state index contributed by atoms with van der Waals surface area (Å²) < 4.78 is 16.3. The van der Waals surface area contributed by atoms with Gasteiger partial charge in [0.05, 0.1) is 6.61 Å². The van der Waals surface area contributed by atoms with Crippen molar-refractivity contribution in [2.24, 2.45) is 0 Å². The third-order valence-electron chi connectivity index (χ3n) is 2.09. The SMILES string of the molecule is CC(C)(C)Oc1ccc(OCC2CO2)cc1. The Morgan fingerprint density at radius 2 is 1.75 bits per heavy atom. The molecule has 0 spiro atoms. The van der Waals surface area contributed by atoms with Gasteiger partial charge in [0.25, 0.3) is 0 Å². The van der Waals surface area contributed by atoms with E-state index < -0.39 is 0 Å². The van der Waals surface area contributed by atoms with E-state index in [0.717, 1.165) is 18.1 Å². The summed E-state index contributed by atoms with van der Waals surface area (Å²) >= 11 is 0. The summed E-state index contributed by atoms with van der Waals surface area (Å²) in [5.74, 6) is 1.72. The molecule has 0 aromatic heterocycles. The van der Waals surface area contributed by atoms with Crippen LogP contribution in [0.2, 0.25) is 0 Å². The van der Waals surface area contributed by atoms with Gasteiger partial charge in [0, 0.05) is 0 Å². The van der Waals surface area contributed by atoms with Gasteiger partial charge in [0.1, 0.15) is 29.8 Å². The van der Waals surface area contributed by atoms with Gasteiger partial charge in [-0.3, -0.25) is 0 Å². The monoisotopic (exact) mass is 222 g/mol. The molecule has 3 heteroatoms. The van der Waals surface area contributed by atoms with Crippen molar-refractivity contribution in [2.75, 3.05) is 13.2 Å². The van der Waals surface area contributed by atoms with E-state index >= 15 is 0 Å². The van der Waals surface area contributed by atoms with Crippen LogP contribution in [0.15, 0.2) is 24.3 Å². The van der Waals surface area contributed by atoms with Gasteiger partial charge in [-0.1, -0.05) is 0 Å². The molecule has 0 N–H and O–H groups in total. The van der Waals surface area contributed by atoms with Crippen molar-refractivity contribution in [1.82, 2.24) is 0 Å². The van der Waals surface area contributed by atoms with Crippen LogP contribution in [0.1, 0.15) is 20.8 Å². The van der Waals surface area contributed by atoms with Crippen molar-refractivity contribution in [2.45, 2.75) is 32.5 Å². The minimum absolute atomic E-state index is 0.162. The lowest BCUT2D eigenvalue weighted by atomic mass is 10.2. The van der Waals surface area contributed by atoms with Gasteiger partial charge >= 0.3 is 0 Å². The number of epoxide rings is 1. The summed E-state index contributed by atoms with van der Waals surface area (Å²) in [6.07, 6.45) is 0.297. The van der Waals surface area contributed by atoms with Crippen molar-refractivity contribution in [1.29, 1.82) is 0 Å². The van der Waals surface area contributed by atoms with Crippen molar-refractivity contribution in [3.8, 4) is 11.5 Å². The molecule has 2 rings (SSSR count). The molecule has 3 nitrogen and oxygen atoms in total. The van der Waals surface area contributed by atoms with Gasteiger partial charge in [0.2, 0.25) is 0 Å². The van der Waals surface area contributed by atoms with Gasteiger partial charge in [-0.2, -0.15) is 0 Å². The second kappa shape index (κ2) is 4.34.